The van der Waals surface area contributed by atoms with Crippen molar-refractivity contribution >= 4 is 17.6 Å². The predicted octanol–water partition coefficient (Wildman–Crippen LogP) is 3.88. The Balaban J connectivity index is 1.65. The number of hydrogen-bond donors (Lipinski definition) is 1. The normalized spacial score (nSPS) is 20.3. The lowest BCUT2D eigenvalue weighted by Gasteiger charge is -2.33. The van der Waals surface area contributed by atoms with Crippen molar-refractivity contribution in [2.24, 2.45) is 5.92 Å². The van der Waals surface area contributed by atoms with Gasteiger partial charge in [0.15, 0.2) is 0 Å². The molecule has 5 heteroatoms. The van der Waals surface area contributed by atoms with E-state index in [1.54, 1.807) is 4.90 Å². The van der Waals surface area contributed by atoms with Crippen LogP contribution in [0.25, 0.3) is 0 Å². The summed E-state index contributed by atoms with van der Waals surface area (Å²) in [7, 11) is 1.83. The first-order chi connectivity index (χ1) is 12.0. The highest BCUT2D eigenvalue weighted by molar-refractivity contribution is 5.96. The number of amides is 3. The highest BCUT2D eigenvalue weighted by Crippen LogP contribution is 2.29. The van der Waals surface area contributed by atoms with E-state index in [2.05, 4.69) is 12.2 Å². The summed E-state index contributed by atoms with van der Waals surface area (Å²) in [6.07, 6.45) is 5.80. The van der Waals surface area contributed by atoms with Crippen LogP contribution in [0.4, 0.5) is 10.5 Å². The molecule has 3 amide bonds. The number of aryl methyl sites for hydroxylation is 1. The minimum Gasteiger partial charge on any atom is -0.336 e. The number of benzene rings is 1. The Morgan fingerprint density at radius 2 is 2.00 bits per heavy atom. The second-order valence-corrected chi connectivity index (χ2v) is 7.63. The van der Waals surface area contributed by atoms with Gasteiger partial charge in [-0.2, -0.15) is 0 Å². The average Bonchev–Trinajstić information content (AvgIpc) is 3.40. The number of nitrogens with one attached hydrogen (secondary N) is 1. The number of carbonyl (C=O) groups excluding carboxylic acids is 2. The van der Waals surface area contributed by atoms with Gasteiger partial charge in [0.25, 0.3) is 5.91 Å². The summed E-state index contributed by atoms with van der Waals surface area (Å²) in [4.78, 5) is 28.8. The largest absolute Gasteiger partial charge is 0.336 e. The van der Waals surface area contributed by atoms with Gasteiger partial charge in [0.05, 0.1) is 0 Å². The van der Waals surface area contributed by atoms with E-state index in [0.29, 0.717) is 17.5 Å². The van der Waals surface area contributed by atoms with Crippen molar-refractivity contribution in [1.82, 2.24) is 9.80 Å². The number of likely N-dealkylation sites (tertiary alicyclic amines) is 1. The van der Waals surface area contributed by atoms with Crippen molar-refractivity contribution in [3.05, 3.63) is 29.3 Å². The molecular formula is C20H29N3O2. The molecule has 1 saturated heterocycles. The zero-order valence-corrected chi connectivity index (χ0v) is 15.5. The number of anilines is 1. The number of nitrogens with zero attached hydrogens (tertiary/aromatic N) is 2. The van der Waals surface area contributed by atoms with Crippen LogP contribution in [0.5, 0.6) is 0 Å². The quantitative estimate of drug-likeness (QED) is 0.902. The van der Waals surface area contributed by atoms with Crippen molar-refractivity contribution in [2.45, 2.75) is 52.0 Å². The fraction of sp³-hybridized carbons (Fsp3) is 0.600. The second kappa shape index (κ2) is 7.46. The molecule has 0 bridgehead atoms. The van der Waals surface area contributed by atoms with Crippen LogP contribution in [0.3, 0.4) is 0 Å². The fourth-order valence-corrected chi connectivity index (χ4v) is 3.48. The van der Waals surface area contributed by atoms with Gasteiger partial charge in [0.1, 0.15) is 0 Å². The predicted molar refractivity (Wildman–Crippen MR) is 99.9 cm³/mol. The molecule has 25 heavy (non-hydrogen) atoms. The summed E-state index contributed by atoms with van der Waals surface area (Å²) in [5.74, 6) is 0.766. The molecule has 0 unspecified atom stereocenters. The molecule has 1 aromatic rings. The lowest BCUT2D eigenvalue weighted by Crippen LogP contribution is -2.42. The van der Waals surface area contributed by atoms with Gasteiger partial charge in [-0.05, 0) is 75.6 Å². The van der Waals surface area contributed by atoms with E-state index < -0.39 is 0 Å². The van der Waals surface area contributed by atoms with Gasteiger partial charge in [-0.3, -0.25) is 4.79 Å². The van der Waals surface area contributed by atoms with Gasteiger partial charge in [-0.1, -0.05) is 0 Å². The maximum Gasteiger partial charge on any atom is 0.321 e. The zero-order chi connectivity index (χ0) is 18.0. The summed E-state index contributed by atoms with van der Waals surface area (Å²) >= 11 is 0. The Labute approximate surface area is 150 Å². The van der Waals surface area contributed by atoms with Gasteiger partial charge in [-0.25, -0.2) is 4.79 Å². The standard InChI is InChI=1S/C20H29N3O2/c1-14-12-17(19(24)23-11-5-4-6-15(23)2)9-10-18(14)21-20(25)22(3)13-16-7-8-16/h9-10,12,15-16H,4-8,11,13H2,1-3H3,(H,21,25)/t15-/m1/s1. The molecule has 5 nitrogen and oxygen atoms in total. The molecule has 1 saturated carbocycles. The third kappa shape index (κ3) is 4.33. The lowest BCUT2D eigenvalue weighted by atomic mass is 10.0. The van der Waals surface area contributed by atoms with E-state index in [1.165, 1.54) is 19.3 Å². The Morgan fingerprint density at radius 3 is 2.64 bits per heavy atom. The van der Waals surface area contributed by atoms with Crippen molar-refractivity contribution < 1.29 is 9.59 Å². The number of urea groups is 1. The van der Waals surface area contributed by atoms with Crippen molar-refractivity contribution in [2.75, 3.05) is 25.5 Å². The van der Waals surface area contributed by atoms with Gasteiger partial charge in [-0.15, -0.1) is 0 Å². The minimum absolute atomic E-state index is 0.0845. The smallest absolute Gasteiger partial charge is 0.321 e. The van der Waals surface area contributed by atoms with E-state index in [9.17, 15) is 9.59 Å². The molecule has 0 radical (unpaired) electrons. The molecule has 1 atom stereocenters. The summed E-state index contributed by atoms with van der Waals surface area (Å²) in [6, 6.07) is 5.78. The van der Waals surface area contributed by atoms with Crippen LogP contribution in [0, 0.1) is 12.8 Å². The summed E-state index contributed by atoms with van der Waals surface area (Å²) in [5, 5.41) is 2.96. The van der Waals surface area contributed by atoms with Crippen LogP contribution in [-0.4, -0.2) is 47.9 Å². The fourth-order valence-electron chi connectivity index (χ4n) is 3.48. The lowest BCUT2D eigenvalue weighted by molar-refractivity contribution is 0.0635. The SMILES string of the molecule is Cc1cc(C(=O)N2CCCC[C@H]2C)ccc1NC(=O)N(C)CC1CC1. The molecule has 1 aliphatic carbocycles. The maximum absolute atomic E-state index is 12.8. The first-order valence-electron chi connectivity index (χ1n) is 9.39. The monoisotopic (exact) mass is 343 g/mol. The van der Waals surface area contributed by atoms with Crippen LogP contribution >= 0.6 is 0 Å². The van der Waals surface area contributed by atoms with E-state index >= 15 is 0 Å². The molecule has 1 heterocycles. The molecule has 136 valence electrons. The molecule has 1 aliphatic heterocycles. The highest BCUT2D eigenvalue weighted by atomic mass is 16.2. The van der Waals surface area contributed by atoms with Crippen LogP contribution in [0.15, 0.2) is 18.2 Å². The Morgan fingerprint density at radius 1 is 1.24 bits per heavy atom. The van der Waals surface area contributed by atoms with Gasteiger partial charge in [0, 0.05) is 37.4 Å². The summed E-state index contributed by atoms with van der Waals surface area (Å²) in [5.41, 5.74) is 2.40. The molecule has 0 aromatic heterocycles. The third-order valence-corrected chi connectivity index (χ3v) is 5.35. The number of hydrogen-bond acceptors (Lipinski definition) is 2. The van der Waals surface area contributed by atoms with Crippen molar-refractivity contribution in [3.63, 3.8) is 0 Å². The Kier molecular flexibility index (Phi) is 5.30. The minimum atomic E-state index is -0.0845. The first-order valence-corrected chi connectivity index (χ1v) is 9.39. The van der Waals surface area contributed by atoms with Crippen molar-refractivity contribution in [3.8, 4) is 0 Å². The first kappa shape index (κ1) is 17.8. The van der Waals surface area contributed by atoms with Gasteiger partial charge >= 0.3 is 6.03 Å². The Bertz CT molecular complexity index is 654. The summed E-state index contributed by atoms with van der Waals surface area (Å²) < 4.78 is 0. The number of carbonyl (C=O) groups is 2. The molecule has 0 spiro atoms. The number of piperidine rings is 1. The average molecular weight is 343 g/mol. The van der Waals surface area contributed by atoms with Crippen LogP contribution < -0.4 is 5.32 Å². The van der Waals surface area contributed by atoms with Crippen LogP contribution in [0.2, 0.25) is 0 Å². The highest BCUT2D eigenvalue weighted by Gasteiger charge is 2.26. The van der Waals surface area contributed by atoms with Crippen LogP contribution in [-0.2, 0) is 0 Å². The molecular weight excluding hydrogens is 314 g/mol. The molecule has 3 rings (SSSR count). The maximum atomic E-state index is 12.8. The van der Waals surface area contributed by atoms with E-state index in [1.807, 2.05) is 37.1 Å². The van der Waals surface area contributed by atoms with Crippen LogP contribution in [0.1, 0.15) is 54.9 Å². The van der Waals surface area contributed by atoms with E-state index in [4.69, 9.17) is 0 Å². The third-order valence-electron chi connectivity index (χ3n) is 5.35. The van der Waals surface area contributed by atoms with E-state index in [0.717, 1.165) is 37.2 Å². The Hall–Kier alpha value is -2.04. The van der Waals surface area contributed by atoms with Gasteiger partial charge < -0.3 is 15.1 Å². The van der Waals surface area contributed by atoms with Crippen molar-refractivity contribution in [1.29, 1.82) is 0 Å². The molecule has 1 N–H and O–H groups in total. The molecule has 2 fully saturated rings. The zero-order valence-electron chi connectivity index (χ0n) is 15.5. The topological polar surface area (TPSA) is 52.7 Å². The number of rotatable bonds is 4. The van der Waals surface area contributed by atoms with Gasteiger partial charge in [0.2, 0.25) is 0 Å². The second-order valence-electron chi connectivity index (χ2n) is 7.63. The molecule has 1 aromatic carbocycles. The molecule has 2 aliphatic rings. The van der Waals surface area contributed by atoms with E-state index in [-0.39, 0.29) is 11.9 Å². The summed E-state index contributed by atoms with van der Waals surface area (Å²) in [6.45, 7) is 5.71.